The van der Waals surface area contributed by atoms with Gasteiger partial charge >= 0.3 is 0 Å². The fourth-order valence-electron chi connectivity index (χ4n) is 2.79. The summed E-state index contributed by atoms with van der Waals surface area (Å²) < 4.78 is 32.4. The topological polar surface area (TPSA) is 97.1 Å². The molecule has 0 saturated carbocycles. The predicted molar refractivity (Wildman–Crippen MR) is 100 cm³/mol. The zero-order chi connectivity index (χ0) is 18.9. The number of anilines is 3. The highest BCUT2D eigenvalue weighted by Crippen LogP contribution is 2.23. The third-order valence-corrected chi connectivity index (χ3v) is 5.37. The van der Waals surface area contributed by atoms with Crippen LogP contribution in [0.25, 0.3) is 0 Å². The maximum absolute atomic E-state index is 12.5. The summed E-state index contributed by atoms with van der Waals surface area (Å²) in [5.74, 6) is 0.867. The molecule has 0 aliphatic heterocycles. The maximum Gasteiger partial charge on any atom is 0.267 e. The number of aryl methyl sites for hydroxylation is 4. The van der Waals surface area contributed by atoms with Crippen molar-refractivity contribution in [1.82, 2.24) is 10.1 Å². The Bertz CT molecular complexity index is 1000. The van der Waals surface area contributed by atoms with Crippen molar-refractivity contribution < 1.29 is 12.9 Å². The number of pyridine rings is 1. The molecule has 2 heterocycles. The predicted octanol–water partition coefficient (Wildman–Crippen LogP) is 3.85. The van der Waals surface area contributed by atoms with Crippen molar-refractivity contribution in [3.8, 4) is 0 Å². The second-order valence-corrected chi connectivity index (χ2v) is 7.81. The van der Waals surface area contributed by atoms with Crippen LogP contribution in [0, 0.1) is 27.7 Å². The first-order chi connectivity index (χ1) is 12.2. The van der Waals surface area contributed by atoms with Gasteiger partial charge in [-0.25, -0.2) is 13.4 Å². The van der Waals surface area contributed by atoms with Crippen molar-refractivity contribution in [1.29, 1.82) is 0 Å². The van der Waals surface area contributed by atoms with Crippen LogP contribution >= 0.6 is 0 Å². The Balaban J connectivity index is 1.77. The van der Waals surface area contributed by atoms with Crippen molar-refractivity contribution in [2.45, 2.75) is 32.6 Å². The highest BCUT2D eigenvalue weighted by Gasteiger charge is 2.24. The third-order valence-electron chi connectivity index (χ3n) is 3.75. The van der Waals surface area contributed by atoms with Crippen LogP contribution in [-0.2, 0) is 10.0 Å². The lowest BCUT2D eigenvalue weighted by Crippen LogP contribution is -2.14. The average Bonchev–Trinajstić information content (AvgIpc) is 2.87. The second kappa shape index (κ2) is 6.80. The molecule has 3 aromatic rings. The van der Waals surface area contributed by atoms with Gasteiger partial charge in [0.25, 0.3) is 10.0 Å². The standard InChI is InChI=1S/C18H20N4O3S/c1-11-7-12(2)9-16(8-11)20-17-6-5-15(10-19-17)22-26(23,24)18-13(3)21-25-14(18)4/h5-10,22H,1-4H3,(H,19,20). The minimum absolute atomic E-state index is 0.0509. The molecular formula is C18H20N4O3S. The van der Waals surface area contributed by atoms with Crippen molar-refractivity contribution in [2.75, 3.05) is 10.0 Å². The smallest absolute Gasteiger partial charge is 0.267 e. The minimum atomic E-state index is -3.78. The van der Waals surface area contributed by atoms with Gasteiger partial charge in [-0.05, 0) is 63.1 Å². The van der Waals surface area contributed by atoms with Gasteiger partial charge in [0.15, 0.2) is 10.7 Å². The van der Waals surface area contributed by atoms with E-state index in [2.05, 4.69) is 26.2 Å². The number of sulfonamides is 1. The molecule has 1 aromatic carbocycles. The Morgan fingerprint density at radius 3 is 2.19 bits per heavy atom. The number of aromatic nitrogens is 2. The van der Waals surface area contributed by atoms with E-state index in [0.717, 1.165) is 16.8 Å². The lowest BCUT2D eigenvalue weighted by atomic mass is 10.1. The number of nitrogens with one attached hydrogen (secondary N) is 2. The van der Waals surface area contributed by atoms with Gasteiger partial charge in [0.1, 0.15) is 11.5 Å². The van der Waals surface area contributed by atoms with Crippen LogP contribution in [-0.4, -0.2) is 18.6 Å². The molecule has 0 amide bonds. The first kappa shape index (κ1) is 17.9. The molecule has 2 N–H and O–H groups in total. The lowest BCUT2D eigenvalue weighted by Gasteiger charge is -2.10. The molecule has 0 spiro atoms. The molecule has 8 heteroatoms. The zero-order valence-corrected chi connectivity index (χ0v) is 15.8. The summed E-state index contributed by atoms with van der Waals surface area (Å²) in [6.45, 7) is 7.19. The Morgan fingerprint density at radius 1 is 0.962 bits per heavy atom. The summed E-state index contributed by atoms with van der Waals surface area (Å²) in [6.07, 6.45) is 1.46. The number of rotatable bonds is 5. The van der Waals surface area contributed by atoms with E-state index in [1.807, 2.05) is 26.0 Å². The van der Waals surface area contributed by atoms with E-state index in [1.54, 1.807) is 26.0 Å². The molecule has 0 aliphatic rings. The number of hydrogen-bond donors (Lipinski definition) is 2. The summed E-state index contributed by atoms with van der Waals surface area (Å²) in [5.41, 5.74) is 3.90. The van der Waals surface area contributed by atoms with Crippen LogP contribution in [0.1, 0.15) is 22.6 Å². The Morgan fingerprint density at radius 2 is 1.65 bits per heavy atom. The van der Waals surface area contributed by atoms with Gasteiger partial charge in [-0.2, -0.15) is 0 Å². The largest absolute Gasteiger partial charge is 0.360 e. The molecule has 0 atom stereocenters. The lowest BCUT2D eigenvalue weighted by molar-refractivity contribution is 0.390. The van der Waals surface area contributed by atoms with E-state index in [4.69, 9.17) is 4.52 Å². The number of nitrogens with zero attached hydrogens (tertiary/aromatic N) is 2. The average molecular weight is 372 g/mol. The zero-order valence-electron chi connectivity index (χ0n) is 15.0. The monoisotopic (exact) mass is 372 g/mol. The van der Waals surface area contributed by atoms with Gasteiger partial charge in [-0.3, -0.25) is 4.72 Å². The minimum Gasteiger partial charge on any atom is -0.360 e. The Kier molecular flexibility index (Phi) is 4.69. The normalized spacial score (nSPS) is 11.4. The first-order valence-corrected chi connectivity index (χ1v) is 9.50. The molecule has 2 aromatic heterocycles. The summed E-state index contributed by atoms with van der Waals surface area (Å²) >= 11 is 0. The molecule has 0 radical (unpaired) electrons. The van der Waals surface area contributed by atoms with E-state index in [-0.39, 0.29) is 10.7 Å². The van der Waals surface area contributed by atoms with Gasteiger partial charge in [0, 0.05) is 5.69 Å². The van der Waals surface area contributed by atoms with E-state index in [1.165, 1.54) is 6.20 Å². The van der Waals surface area contributed by atoms with E-state index in [9.17, 15) is 8.42 Å². The summed E-state index contributed by atoms with van der Waals surface area (Å²) in [5, 5.41) is 6.89. The summed E-state index contributed by atoms with van der Waals surface area (Å²) in [4.78, 5) is 4.32. The van der Waals surface area contributed by atoms with Gasteiger partial charge < -0.3 is 9.84 Å². The van der Waals surface area contributed by atoms with Crippen molar-refractivity contribution in [2.24, 2.45) is 0 Å². The van der Waals surface area contributed by atoms with Gasteiger partial charge in [-0.1, -0.05) is 11.2 Å². The SMILES string of the molecule is Cc1cc(C)cc(Nc2ccc(NS(=O)(=O)c3c(C)noc3C)cn2)c1. The molecule has 0 aliphatic carbocycles. The number of hydrogen-bond acceptors (Lipinski definition) is 6. The Labute approximate surface area is 152 Å². The van der Waals surface area contributed by atoms with Crippen LogP contribution in [0.2, 0.25) is 0 Å². The van der Waals surface area contributed by atoms with Crippen molar-refractivity contribution >= 4 is 27.2 Å². The summed E-state index contributed by atoms with van der Waals surface area (Å²) in [7, 11) is -3.78. The van der Waals surface area contributed by atoms with Gasteiger partial charge in [0.2, 0.25) is 0 Å². The van der Waals surface area contributed by atoms with Crippen LogP contribution in [0.4, 0.5) is 17.2 Å². The molecule has 0 bridgehead atoms. The molecule has 0 fully saturated rings. The summed E-state index contributed by atoms with van der Waals surface area (Å²) in [6, 6.07) is 9.48. The highest BCUT2D eigenvalue weighted by molar-refractivity contribution is 7.92. The van der Waals surface area contributed by atoms with Crippen LogP contribution in [0.15, 0.2) is 45.9 Å². The third kappa shape index (κ3) is 3.85. The molecule has 3 rings (SSSR count). The van der Waals surface area contributed by atoms with Crippen molar-refractivity contribution in [3.63, 3.8) is 0 Å². The molecule has 7 nitrogen and oxygen atoms in total. The van der Waals surface area contributed by atoms with Gasteiger partial charge in [0.05, 0.1) is 11.9 Å². The van der Waals surface area contributed by atoms with E-state index < -0.39 is 10.0 Å². The van der Waals surface area contributed by atoms with Crippen LogP contribution in [0.5, 0.6) is 0 Å². The van der Waals surface area contributed by atoms with Crippen LogP contribution < -0.4 is 10.0 Å². The van der Waals surface area contributed by atoms with Gasteiger partial charge in [-0.15, -0.1) is 0 Å². The quantitative estimate of drug-likeness (QED) is 0.706. The highest BCUT2D eigenvalue weighted by atomic mass is 32.2. The molecular weight excluding hydrogens is 352 g/mol. The first-order valence-electron chi connectivity index (χ1n) is 8.02. The molecule has 0 saturated heterocycles. The molecule has 0 unspecified atom stereocenters. The van der Waals surface area contributed by atoms with E-state index >= 15 is 0 Å². The van der Waals surface area contributed by atoms with Crippen molar-refractivity contribution in [3.05, 3.63) is 59.1 Å². The maximum atomic E-state index is 12.5. The van der Waals surface area contributed by atoms with Crippen LogP contribution in [0.3, 0.4) is 0 Å². The number of benzene rings is 1. The fraction of sp³-hybridized carbons (Fsp3) is 0.222. The second-order valence-electron chi connectivity index (χ2n) is 6.19. The van der Waals surface area contributed by atoms with E-state index in [0.29, 0.717) is 17.2 Å². The molecule has 136 valence electrons. The molecule has 26 heavy (non-hydrogen) atoms. The Hall–Kier alpha value is -2.87. The fourth-order valence-corrected chi connectivity index (χ4v) is 4.16.